The molecule has 1 amide bonds. The molecule has 0 spiro atoms. The number of likely N-dealkylation sites (tertiary alicyclic amines) is 1. The van der Waals surface area contributed by atoms with Crippen LogP contribution in [0.1, 0.15) is 12.8 Å². The molecular formula is C19H19F3N2O2. The van der Waals surface area contributed by atoms with Crippen molar-refractivity contribution in [2.24, 2.45) is 0 Å². The summed E-state index contributed by atoms with van der Waals surface area (Å²) in [6.07, 6.45) is 0.716. The molecule has 0 radical (unpaired) electrons. The van der Waals surface area contributed by atoms with Crippen LogP contribution in [-0.4, -0.2) is 42.3 Å². The van der Waals surface area contributed by atoms with Gasteiger partial charge in [0.15, 0.2) is 17.5 Å². The van der Waals surface area contributed by atoms with Crippen LogP contribution in [0.4, 0.5) is 23.7 Å². The fourth-order valence-corrected chi connectivity index (χ4v) is 3.36. The van der Waals surface area contributed by atoms with Crippen LogP contribution in [0.5, 0.6) is 0 Å². The molecule has 1 aliphatic rings. The van der Waals surface area contributed by atoms with Gasteiger partial charge in [0.2, 0.25) is 0 Å². The molecule has 0 aromatic heterocycles. The van der Waals surface area contributed by atoms with Crippen molar-refractivity contribution in [3.05, 3.63) is 53.8 Å². The predicted octanol–water partition coefficient (Wildman–Crippen LogP) is 4.35. The van der Waals surface area contributed by atoms with Crippen LogP contribution < -0.4 is 4.90 Å². The third-order valence-electron chi connectivity index (χ3n) is 4.79. The van der Waals surface area contributed by atoms with Crippen molar-refractivity contribution in [3.63, 3.8) is 0 Å². The smallest absolute Gasteiger partial charge is 0.411 e. The van der Waals surface area contributed by atoms with Gasteiger partial charge in [0, 0.05) is 18.2 Å². The number of hydrogen-bond acceptors (Lipinski definition) is 2. The minimum absolute atomic E-state index is 0.0702. The van der Waals surface area contributed by atoms with Crippen LogP contribution in [0.15, 0.2) is 36.4 Å². The Morgan fingerprint density at radius 1 is 1.23 bits per heavy atom. The molecule has 2 aromatic rings. The van der Waals surface area contributed by atoms with Crippen LogP contribution in [0.25, 0.3) is 11.1 Å². The molecule has 1 saturated heterocycles. The highest BCUT2D eigenvalue weighted by molar-refractivity contribution is 5.93. The molecule has 26 heavy (non-hydrogen) atoms. The van der Waals surface area contributed by atoms with Gasteiger partial charge in [-0.25, -0.2) is 18.0 Å². The van der Waals surface area contributed by atoms with E-state index in [2.05, 4.69) is 4.90 Å². The lowest BCUT2D eigenvalue weighted by atomic mass is 10.0. The minimum atomic E-state index is -1.55. The van der Waals surface area contributed by atoms with Crippen molar-refractivity contribution in [2.45, 2.75) is 18.9 Å². The number of amides is 1. The topological polar surface area (TPSA) is 43.8 Å². The van der Waals surface area contributed by atoms with E-state index in [0.717, 1.165) is 31.5 Å². The quantitative estimate of drug-likeness (QED) is 0.821. The molecule has 0 aliphatic carbocycles. The van der Waals surface area contributed by atoms with E-state index >= 15 is 0 Å². The molecule has 0 saturated carbocycles. The van der Waals surface area contributed by atoms with E-state index in [1.807, 2.05) is 7.05 Å². The third-order valence-corrected chi connectivity index (χ3v) is 4.79. The number of carboxylic acid groups (broad SMARTS) is 1. The summed E-state index contributed by atoms with van der Waals surface area (Å²) < 4.78 is 40.6. The molecule has 2 aromatic carbocycles. The summed E-state index contributed by atoms with van der Waals surface area (Å²) in [5, 5.41) is 9.70. The summed E-state index contributed by atoms with van der Waals surface area (Å²) in [5.41, 5.74) is 0.724. The lowest BCUT2D eigenvalue weighted by Gasteiger charge is -2.28. The number of nitrogens with zero attached hydrogens (tertiary/aromatic N) is 2. The predicted molar refractivity (Wildman–Crippen MR) is 92.8 cm³/mol. The van der Waals surface area contributed by atoms with Crippen LogP contribution in [-0.2, 0) is 0 Å². The van der Waals surface area contributed by atoms with Crippen molar-refractivity contribution in [3.8, 4) is 11.1 Å². The molecular weight excluding hydrogens is 345 g/mol. The Labute approximate surface area is 149 Å². The molecule has 1 N–H and O–H groups in total. The Morgan fingerprint density at radius 2 is 1.88 bits per heavy atom. The maximum absolute atomic E-state index is 13.6. The van der Waals surface area contributed by atoms with E-state index in [0.29, 0.717) is 11.3 Å². The van der Waals surface area contributed by atoms with Crippen molar-refractivity contribution in [2.75, 3.05) is 25.0 Å². The summed E-state index contributed by atoms with van der Waals surface area (Å²) in [6, 6.07) is 8.26. The Hall–Kier alpha value is -2.54. The normalized spacial score (nSPS) is 17.5. The average Bonchev–Trinajstić information content (AvgIpc) is 3.01. The highest BCUT2D eigenvalue weighted by Crippen LogP contribution is 2.33. The standard InChI is InChI=1S/C19H19F3N2O2/c1-23-8-4-5-13(23)11-24(19(25)26)17-7-3-2-6-14(17)12-9-15(20)18(22)16(21)10-12/h2-3,6-7,9-10,13H,4-5,8,11H2,1H3,(H,25,26)/t13-/m0/s1. The molecule has 0 unspecified atom stereocenters. The highest BCUT2D eigenvalue weighted by Gasteiger charge is 2.28. The summed E-state index contributed by atoms with van der Waals surface area (Å²) in [4.78, 5) is 15.1. The molecule has 7 heteroatoms. The molecule has 3 rings (SSSR count). The number of halogens is 3. The van der Waals surface area contributed by atoms with Crippen LogP contribution in [0.2, 0.25) is 0 Å². The summed E-state index contributed by atoms with van der Waals surface area (Å²) in [7, 11) is 1.94. The molecule has 1 heterocycles. The zero-order valence-electron chi connectivity index (χ0n) is 14.3. The fourth-order valence-electron chi connectivity index (χ4n) is 3.36. The number of anilines is 1. The van der Waals surface area contributed by atoms with E-state index < -0.39 is 23.5 Å². The first-order chi connectivity index (χ1) is 12.4. The lowest BCUT2D eigenvalue weighted by molar-refractivity contribution is 0.198. The van der Waals surface area contributed by atoms with E-state index in [-0.39, 0.29) is 18.2 Å². The SMILES string of the molecule is CN1CCC[C@H]1CN(C(=O)O)c1ccccc1-c1cc(F)c(F)c(F)c1. The summed E-state index contributed by atoms with van der Waals surface area (Å²) in [6.45, 7) is 1.14. The molecule has 1 fully saturated rings. The Kier molecular flexibility index (Phi) is 5.18. The third kappa shape index (κ3) is 3.53. The second kappa shape index (κ2) is 7.37. The highest BCUT2D eigenvalue weighted by atomic mass is 19.2. The lowest BCUT2D eigenvalue weighted by Crippen LogP contribution is -2.41. The largest absolute Gasteiger partial charge is 0.465 e. The maximum Gasteiger partial charge on any atom is 0.411 e. The summed E-state index contributed by atoms with van der Waals surface area (Å²) >= 11 is 0. The number of para-hydroxylation sites is 1. The first kappa shape index (κ1) is 18.3. The number of carbonyl (C=O) groups is 1. The van der Waals surface area contributed by atoms with Gasteiger partial charge in [0.1, 0.15) is 0 Å². The van der Waals surface area contributed by atoms with Gasteiger partial charge in [-0.3, -0.25) is 4.90 Å². The van der Waals surface area contributed by atoms with Crippen molar-refractivity contribution in [1.29, 1.82) is 0 Å². The Bertz CT molecular complexity index is 805. The number of likely N-dealkylation sites (N-methyl/N-ethyl adjacent to an activating group) is 1. The first-order valence-corrected chi connectivity index (χ1v) is 8.33. The van der Waals surface area contributed by atoms with Crippen molar-refractivity contribution in [1.82, 2.24) is 4.90 Å². The number of rotatable bonds is 4. The molecule has 1 atom stereocenters. The van der Waals surface area contributed by atoms with E-state index in [9.17, 15) is 23.1 Å². The van der Waals surface area contributed by atoms with Gasteiger partial charge in [-0.15, -0.1) is 0 Å². The molecule has 138 valence electrons. The van der Waals surface area contributed by atoms with Crippen molar-refractivity contribution >= 4 is 11.8 Å². The van der Waals surface area contributed by atoms with Gasteiger partial charge in [-0.05, 0) is 50.2 Å². The monoisotopic (exact) mass is 364 g/mol. The second-order valence-electron chi connectivity index (χ2n) is 6.44. The summed E-state index contributed by atoms with van der Waals surface area (Å²) in [5.74, 6) is -4.17. The minimum Gasteiger partial charge on any atom is -0.465 e. The van der Waals surface area contributed by atoms with Gasteiger partial charge < -0.3 is 10.0 Å². The number of benzene rings is 2. The molecule has 0 bridgehead atoms. The Morgan fingerprint density at radius 3 is 2.46 bits per heavy atom. The van der Waals surface area contributed by atoms with Crippen LogP contribution >= 0.6 is 0 Å². The van der Waals surface area contributed by atoms with E-state index in [1.165, 1.54) is 4.90 Å². The zero-order valence-corrected chi connectivity index (χ0v) is 14.3. The zero-order chi connectivity index (χ0) is 18.8. The van der Waals surface area contributed by atoms with E-state index in [1.54, 1.807) is 24.3 Å². The van der Waals surface area contributed by atoms with Gasteiger partial charge in [0.05, 0.1) is 5.69 Å². The first-order valence-electron chi connectivity index (χ1n) is 8.33. The van der Waals surface area contributed by atoms with E-state index in [4.69, 9.17) is 0 Å². The second-order valence-corrected chi connectivity index (χ2v) is 6.44. The molecule has 1 aliphatic heterocycles. The van der Waals surface area contributed by atoms with Crippen LogP contribution in [0, 0.1) is 17.5 Å². The van der Waals surface area contributed by atoms with Gasteiger partial charge in [-0.2, -0.15) is 0 Å². The Balaban J connectivity index is 2.03. The number of hydrogen-bond donors (Lipinski definition) is 1. The van der Waals surface area contributed by atoms with Crippen molar-refractivity contribution < 1.29 is 23.1 Å². The van der Waals surface area contributed by atoms with Crippen LogP contribution in [0.3, 0.4) is 0 Å². The van der Waals surface area contributed by atoms with Gasteiger partial charge in [0.25, 0.3) is 0 Å². The molecule has 4 nitrogen and oxygen atoms in total. The average molecular weight is 364 g/mol. The van der Waals surface area contributed by atoms with Gasteiger partial charge >= 0.3 is 6.09 Å². The maximum atomic E-state index is 13.6. The van der Waals surface area contributed by atoms with Gasteiger partial charge in [-0.1, -0.05) is 18.2 Å². The fraction of sp³-hybridized carbons (Fsp3) is 0.316.